The van der Waals surface area contributed by atoms with Crippen molar-refractivity contribution in [2.45, 2.75) is 51.2 Å². The van der Waals surface area contributed by atoms with Gasteiger partial charge in [0.05, 0.1) is 24.5 Å². The lowest BCUT2D eigenvalue weighted by Gasteiger charge is -2.76. The number of amides is 1. The van der Waals surface area contributed by atoms with E-state index in [1.54, 1.807) is 4.90 Å². The van der Waals surface area contributed by atoms with Crippen LogP contribution in [0, 0.1) is 11.8 Å². The maximum absolute atomic E-state index is 12.1. The Hall–Kier alpha value is -1.34. The van der Waals surface area contributed by atoms with Crippen LogP contribution < -0.4 is 0 Å². The molecule has 21 heavy (non-hydrogen) atoms. The summed E-state index contributed by atoms with van der Waals surface area (Å²) in [4.78, 5) is 24.6. The van der Waals surface area contributed by atoms with Gasteiger partial charge in [-0.3, -0.25) is 4.90 Å². The van der Waals surface area contributed by atoms with Crippen LogP contribution in [-0.2, 0) is 19.0 Å². The van der Waals surface area contributed by atoms with Crippen LogP contribution in [0.3, 0.4) is 0 Å². The molecule has 0 bridgehead atoms. The number of carbonyl (C=O) groups excluding carboxylic acids is 1. The van der Waals surface area contributed by atoms with Crippen LogP contribution in [0.5, 0.6) is 0 Å². The van der Waals surface area contributed by atoms with E-state index in [9.17, 15) is 9.59 Å². The first-order valence-corrected chi connectivity index (χ1v) is 7.19. The average molecular weight is 299 g/mol. The molecule has 1 spiro atoms. The molecule has 0 aromatic carbocycles. The van der Waals surface area contributed by atoms with Crippen LogP contribution in [0.4, 0.5) is 4.79 Å². The molecule has 7 heteroatoms. The summed E-state index contributed by atoms with van der Waals surface area (Å²) < 4.78 is 16.6. The molecule has 1 saturated carbocycles. The van der Waals surface area contributed by atoms with Gasteiger partial charge in [-0.2, -0.15) is 0 Å². The molecule has 1 N–H and O–H groups in total. The zero-order valence-electron chi connectivity index (χ0n) is 12.7. The summed E-state index contributed by atoms with van der Waals surface area (Å²) in [6, 6.07) is 0. The minimum Gasteiger partial charge on any atom is -0.479 e. The van der Waals surface area contributed by atoms with Gasteiger partial charge >= 0.3 is 12.1 Å². The molecule has 2 aliphatic heterocycles. The van der Waals surface area contributed by atoms with Crippen LogP contribution in [-0.4, -0.2) is 58.8 Å². The van der Waals surface area contributed by atoms with Gasteiger partial charge in [-0.1, -0.05) is 0 Å². The summed E-state index contributed by atoms with van der Waals surface area (Å²) in [6.45, 7) is 7.96. The van der Waals surface area contributed by atoms with E-state index in [2.05, 4.69) is 0 Å². The van der Waals surface area contributed by atoms with Crippen LogP contribution in [0.2, 0.25) is 0 Å². The number of piperidine rings is 1. The highest BCUT2D eigenvalue weighted by Crippen LogP contribution is 2.64. The first-order valence-electron chi connectivity index (χ1n) is 7.19. The van der Waals surface area contributed by atoms with Gasteiger partial charge in [-0.25, -0.2) is 9.59 Å². The molecule has 3 fully saturated rings. The van der Waals surface area contributed by atoms with E-state index in [0.717, 1.165) is 0 Å². The molecule has 1 aliphatic carbocycles. The summed E-state index contributed by atoms with van der Waals surface area (Å²) in [5, 5.41) is 8.92. The predicted molar refractivity (Wildman–Crippen MR) is 70.6 cm³/mol. The van der Waals surface area contributed by atoms with Crippen molar-refractivity contribution in [1.29, 1.82) is 0 Å². The number of carboxylic acid groups (broad SMARTS) is 1. The van der Waals surface area contributed by atoms with Crippen LogP contribution in [0.1, 0.15) is 27.7 Å². The van der Waals surface area contributed by atoms with Crippen LogP contribution in [0.25, 0.3) is 0 Å². The van der Waals surface area contributed by atoms with E-state index in [1.807, 2.05) is 20.8 Å². The standard InChI is InChI=1S/C14H21NO6/c1-7(11(16)17)20-10-8-5-15(12(18)21-13(2,3)4)14(8)9(10)6-19-14/h7-10H,5-6H2,1-4H3,(H,16,17). The van der Waals surface area contributed by atoms with Crippen molar-refractivity contribution in [2.75, 3.05) is 13.2 Å². The lowest BCUT2D eigenvalue weighted by molar-refractivity contribution is -0.455. The van der Waals surface area contributed by atoms with Crippen molar-refractivity contribution in [2.24, 2.45) is 11.8 Å². The molecule has 5 unspecified atom stereocenters. The van der Waals surface area contributed by atoms with Gasteiger partial charge in [-0.15, -0.1) is 0 Å². The average Bonchev–Trinajstić information content (AvgIpc) is 2.22. The fourth-order valence-corrected chi connectivity index (χ4v) is 3.42. The number of carbonyl (C=O) groups is 2. The Balaban J connectivity index is 1.62. The number of carboxylic acids is 1. The van der Waals surface area contributed by atoms with E-state index in [4.69, 9.17) is 19.3 Å². The van der Waals surface area contributed by atoms with Crippen LogP contribution in [0.15, 0.2) is 0 Å². The minimum atomic E-state index is -0.976. The van der Waals surface area contributed by atoms with Crippen molar-refractivity contribution in [3.8, 4) is 0 Å². The normalized spacial score (nSPS) is 38.1. The molecule has 1 amide bonds. The van der Waals surface area contributed by atoms with Gasteiger partial charge in [0, 0.05) is 6.54 Å². The highest BCUT2D eigenvalue weighted by Gasteiger charge is 2.80. The topological polar surface area (TPSA) is 85.3 Å². The Bertz CT molecular complexity index is 478. The molecule has 3 aliphatic rings. The fourth-order valence-electron chi connectivity index (χ4n) is 3.42. The van der Waals surface area contributed by atoms with E-state index < -0.39 is 23.4 Å². The van der Waals surface area contributed by atoms with Crippen molar-refractivity contribution < 1.29 is 28.9 Å². The third kappa shape index (κ3) is 1.94. The van der Waals surface area contributed by atoms with Gasteiger partial charge in [-0.05, 0) is 27.7 Å². The number of likely N-dealkylation sites (tertiary alicyclic amines) is 1. The molecular weight excluding hydrogens is 278 g/mol. The number of hydrogen-bond acceptors (Lipinski definition) is 5. The highest BCUT2D eigenvalue weighted by molar-refractivity contribution is 5.72. The Morgan fingerprint density at radius 1 is 1.38 bits per heavy atom. The Morgan fingerprint density at radius 2 is 2.05 bits per heavy atom. The largest absolute Gasteiger partial charge is 0.479 e. The van der Waals surface area contributed by atoms with Crippen molar-refractivity contribution in [1.82, 2.24) is 4.90 Å². The van der Waals surface area contributed by atoms with Crippen molar-refractivity contribution in [3.63, 3.8) is 0 Å². The molecule has 0 aromatic heterocycles. The molecule has 3 rings (SSSR count). The SMILES string of the molecule is CC(OC1C2COC23C1CN3C(=O)OC(C)(C)C)C(=O)O. The quantitative estimate of drug-likeness (QED) is 0.839. The summed E-state index contributed by atoms with van der Waals surface area (Å²) in [5.41, 5.74) is -1.15. The van der Waals surface area contributed by atoms with E-state index in [1.165, 1.54) is 6.92 Å². The maximum Gasteiger partial charge on any atom is 0.412 e. The highest BCUT2D eigenvalue weighted by atomic mass is 16.6. The lowest BCUT2D eigenvalue weighted by Crippen LogP contribution is -2.92. The van der Waals surface area contributed by atoms with Gasteiger partial charge in [0.15, 0.2) is 11.8 Å². The Morgan fingerprint density at radius 3 is 2.48 bits per heavy atom. The molecule has 7 nitrogen and oxygen atoms in total. The van der Waals surface area contributed by atoms with Crippen molar-refractivity contribution in [3.05, 3.63) is 0 Å². The summed E-state index contributed by atoms with van der Waals surface area (Å²) in [5.74, 6) is -0.882. The van der Waals surface area contributed by atoms with Gasteiger partial charge in [0.25, 0.3) is 0 Å². The molecule has 0 radical (unpaired) electrons. The molecule has 2 saturated heterocycles. The zero-order chi connectivity index (χ0) is 15.6. The van der Waals surface area contributed by atoms with Gasteiger partial charge in [0.1, 0.15) is 5.60 Å². The molecule has 0 aromatic rings. The monoisotopic (exact) mass is 299 g/mol. The van der Waals surface area contributed by atoms with Gasteiger partial charge < -0.3 is 19.3 Å². The second kappa shape index (κ2) is 4.33. The smallest absolute Gasteiger partial charge is 0.412 e. The number of aliphatic carboxylic acids is 1. The predicted octanol–water partition coefficient (Wildman–Crippen LogP) is 1.07. The first-order chi connectivity index (χ1) is 9.67. The zero-order valence-corrected chi connectivity index (χ0v) is 12.7. The van der Waals surface area contributed by atoms with Crippen molar-refractivity contribution >= 4 is 12.1 Å². The number of ether oxygens (including phenoxy) is 3. The third-order valence-corrected chi connectivity index (χ3v) is 4.47. The molecule has 118 valence electrons. The van der Waals surface area contributed by atoms with E-state index in [0.29, 0.717) is 13.2 Å². The number of nitrogens with zero attached hydrogens (tertiary/aromatic N) is 1. The molecule has 5 atom stereocenters. The minimum absolute atomic E-state index is 0.0468. The Labute approximate surface area is 123 Å². The molecular formula is C14H21NO6. The summed E-state index contributed by atoms with van der Waals surface area (Å²) in [7, 11) is 0. The summed E-state index contributed by atoms with van der Waals surface area (Å²) in [6.07, 6.45) is -1.37. The lowest BCUT2D eigenvalue weighted by atomic mass is 9.54. The molecule has 2 heterocycles. The number of hydrogen-bond donors (Lipinski definition) is 1. The second-order valence-electron chi connectivity index (χ2n) is 6.95. The van der Waals surface area contributed by atoms with E-state index >= 15 is 0 Å². The third-order valence-electron chi connectivity index (χ3n) is 4.47. The summed E-state index contributed by atoms with van der Waals surface area (Å²) >= 11 is 0. The fraction of sp³-hybridized carbons (Fsp3) is 0.857. The van der Waals surface area contributed by atoms with Crippen LogP contribution >= 0.6 is 0 Å². The van der Waals surface area contributed by atoms with Gasteiger partial charge in [0.2, 0.25) is 0 Å². The Kier molecular flexibility index (Phi) is 3.01. The second-order valence-corrected chi connectivity index (χ2v) is 6.95. The maximum atomic E-state index is 12.1. The van der Waals surface area contributed by atoms with E-state index in [-0.39, 0.29) is 24.0 Å². The first kappa shape index (κ1) is 14.6. The number of rotatable bonds is 3.